The van der Waals surface area contributed by atoms with Crippen LogP contribution in [0.3, 0.4) is 0 Å². The van der Waals surface area contributed by atoms with Crippen LogP contribution in [0.15, 0.2) is 38.5 Å². The third kappa shape index (κ3) is 16.4. The van der Waals surface area contributed by atoms with E-state index in [-0.39, 0.29) is 58.3 Å². The summed E-state index contributed by atoms with van der Waals surface area (Å²) < 4.78 is 39.7. The van der Waals surface area contributed by atoms with Crippen molar-refractivity contribution in [3.05, 3.63) is 139 Å². The van der Waals surface area contributed by atoms with Crippen molar-refractivity contribution in [2.75, 3.05) is 39.6 Å². The highest BCUT2D eigenvalue weighted by atomic mass is 16.6. The maximum absolute atomic E-state index is 15.1. The molecular formula is C54H44O37. The van der Waals surface area contributed by atoms with Gasteiger partial charge in [-0.25, -0.2) is 86.3 Å². The van der Waals surface area contributed by atoms with Gasteiger partial charge in [-0.05, 0) is 38.5 Å². The zero-order valence-electron chi connectivity index (χ0n) is 45.9. The van der Waals surface area contributed by atoms with Crippen LogP contribution >= 0.6 is 0 Å². The first-order valence-electron chi connectivity index (χ1n) is 24.7. The molecule has 0 amide bonds. The van der Waals surface area contributed by atoms with Crippen molar-refractivity contribution < 1.29 is 180 Å². The van der Waals surface area contributed by atoms with Gasteiger partial charge in [0.25, 0.3) is 0 Å². The molecule has 3 rings (SSSR count). The molecule has 0 spiro atoms. The lowest BCUT2D eigenvalue weighted by atomic mass is 9.85. The van der Waals surface area contributed by atoms with Crippen LogP contribution in [0.2, 0.25) is 0 Å². The molecule has 0 saturated heterocycles. The molecule has 0 aliphatic carbocycles. The number of hydrogen-bond donors (Lipinski definition) is 11. The van der Waals surface area contributed by atoms with Crippen molar-refractivity contribution in [1.82, 2.24) is 0 Å². The summed E-state index contributed by atoms with van der Waals surface area (Å²) in [6, 6.07) is 0. The minimum absolute atomic E-state index is 0.0570. The predicted molar refractivity (Wildman–Crippen MR) is 282 cm³/mol. The maximum Gasteiger partial charge on any atom is 0.347 e. The summed E-state index contributed by atoms with van der Waals surface area (Å²) in [6.07, 6.45) is 1.71. The number of carboxylic acid groups (broad SMARTS) is 11. The van der Waals surface area contributed by atoms with Gasteiger partial charge >= 0.3 is 107 Å². The first kappa shape index (κ1) is 72.4. The number of rotatable bonds is 36. The molecule has 482 valence electrons. The van der Waals surface area contributed by atoms with E-state index in [0.717, 1.165) is 18.8 Å². The summed E-state index contributed by atoms with van der Waals surface area (Å²) >= 11 is 0. The second-order valence-electron chi connectivity index (χ2n) is 17.1. The molecule has 0 aliphatic heterocycles. The van der Waals surface area contributed by atoms with Gasteiger partial charge in [-0.2, -0.15) is 0 Å². The molecule has 0 saturated carbocycles. The average molecular weight is 1280 g/mol. The number of hydrogen-bond acceptors (Lipinski definition) is 26. The van der Waals surface area contributed by atoms with Crippen molar-refractivity contribution in [3.63, 3.8) is 0 Å². The lowest BCUT2D eigenvalue weighted by Gasteiger charge is -2.22. The van der Waals surface area contributed by atoms with Crippen molar-refractivity contribution in [2.45, 2.75) is 38.5 Å². The standard InChI is InChI=1S/C54H44O37/c1-4-84-13-7-10-16-87-48(77)32-29(47(75)76)33(53(82)90-51(80)30-25(43(67)68)21(39(59)60)19(37(55)56)22(40(61)62)26(30)44(69)70)36(35(50(79)89-18-12-9-15-86-6-3)34(32)49(78)88-17-11-8-14-85-5-2)54(83)91-52(81)31-27(45(71)72)23(41(63)64)20(38(57)58)24(42(65)66)28(31)46(73)74/h4-6H,1-3,7-18H2,(H,55,56)(H,57,58)(H,59,60)(H,61,62)(H,63,64)(H,65,66)(H,67,68)(H,69,70)(H,71,72)(H,73,74)(H,75,76). The molecule has 0 radical (unpaired) electrons. The lowest BCUT2D eigenvalue weighted by Crippen LogP contribution is -2.33. The van der Waals surface area contributed by atoms with Crippen LogP contribution in [-0.2, 0) is 37.9 Å². The molecule has 11 N–H and O–H groups in total. The molecular weight excluding hydrogens is 1240 g/mol. The van der Waals surface area contributed by atoms with Gasteiger partial charge in [-0.3, -0.25) is 0 Å². The molecule has 37 nitrogen and oxygen atoms in total. The third-order valence-corrected chi connectivity index (χ3v) is 11.7. The van der Waals surface area contributed by atoms with Gasteiger partial charge < -0.3 is 94.1 Å². The number of esters is 7. The van der Waals surface area contributed by atoms with E-state index in [2.05, 4.69) is 29.2 Å². The summed E-state index contributed by atoms with van der Waals surface area (Å²) in [6.45, 7) is 6.61. The maximum atomic E-state index is 15.1. The van der Waals surface area contributed by atoms with E-state index in [1.165, 1.54) is 0 Å². The Labute approximate surface area is 503 Å². The summed E-state index contributed by atoms with van der Waals surface area (Å²) in [4.78, 5) is 244. The van der Waals surface area contributed by atoms with Gasteiger partial charge in [0, 0.05) is 0 Å². The van der Waals surface area contributed by atoms with Crippen LogP contribution < -0.4 is 0 Å². The van der Waals surface area contributed by atoms with Gasteiger partial charge in [0.05, 0.1) is 159 Å². The Kier molecular flexibility index (Phi) is 25.5. The van der Waals surface area contributed by atoms with Gasteiger partial charge in [-0.1, -0.05) is 19.7 Å². The Balaban J connectivity index is 2.95. The highest BCUT2D eigenvalue weighted by Crippen LogP contribution is 2.37. The third-order valence-electron chi connectivity index (χ3n) is 11.7. The smallest absolute Gasteiger partial charge is 0.347 e. The lowest BCUT2D eigenvalue weighted by molar-refractivity contribution is 0.0338. The molecule has 3 aromatic carbocycles. The van der Waals surface area contributed by atoms with Crippen LogP contribution in [0, 0.1) is 0 Å². The fourth-order valence-electron chi connectivity index (χ4n) is 8.23. The van der Waals surface area contributed by atoms with E-state index < -0.39 is 227 Å². The zero-order valence-corrected chi connectivity index (χ0v) is 45.9. The van der Waals surface area contributed by atoms with Gasteiger partial charge in [-0.15, -0.1) is 0 Å². The fourth-order valence-corrected chi connectivity index (χ4v) is 8.23. The van der Waals surface area contributed by atoms with Gasteiger partial charge in [0.2, 0.25) is 0 Å². The first-order valence-corrected chi connectivity index (χ1v) is 24.7. The summed E-state index contributed by atoms with van der Waals surface area (Å²) in [5, 5.41) is 112. The molecule has 37 heteroatoms. The topological polar surface area (TPSA) is 604 Å². The van der Waals surface area contributed by atoms with Crippen molar-refractivity contribution >= 4 is 107 Å². The molecule has 0 aromatic heterocycles. The molecule has 0 fully saturated rings. The number of unbranched alkanes of at least 4 members (excludes halogenated alkanes) is 3. The minimum atomic E-state index is -3.07. The fraction of sp³-hybridized carbons (Fsp3) is 0.222. The molecule has 0 bridgehead atoms. The Bertz CT molecular complexity index is 3600. The molecule has 91 heavy (non-hydrogen) atoms. The Morgan fingerprint density at radius 2 is 0.352 bits per heavy atom. The van der Waals surface area contributed by atoms with Crippen LogP contribution in [-0.4, -0.2) is 203 Å². The first-order chi connectivity index (χ1) is 42.7. The quantitative estimate of drug-likeness (QED) is 0.0130. The monoisotopic (exact) mass is 1280 g/mol. The van der Waals surface area contributed by atoms with E-state index in [4.69, 9.17) is 28.4 Å². The number of carboxylic acids is 11. The van der Waals surface area contributed by atoms with Crippen LogP contribution in [0.5, 0.6) is 0 Å². The minimum Gasteiger partial charge on any atom is -0.502 e. The van der Waals surface area contributed by atoms with E-state index in [0.29, 0.717) is 0 Å². The SMILES string of the molecule is C=COCCCCOC(=O)c1c(C(=O)O)c(C(=O)OC(=O)c2c(C(=O)O)c(C(=O)O)c(C(=O)O)c(C(=O)O)c2C(=O)O)c(C(=O)OC(=O)c2c(C(=O)O)c(C(=O)O)c(C(=O)O)c(C(=O)O)c2C(=O)O)c(C(=O)OCCCCOC=C)c1C(=O)OCCCCOC=C. The second kappa shape index (κ2) is 32.0. The number of carbonyl (C=O) groups is 18. The molecule has 0 atom stereocenters. The molecule has 0 heterocycles. The molecule has 0 unspecified atom stereocenters. The van der Waals surface area contributed by atoms with E-state index >= 15 is 9.59 Å². The van der Waals surface area contributed by atoms with Crippen molar-refractivity contribution in [2.24, 2.45) is 0 Å². The zero-order chi connectivity index (χ0) is 69.0. The Morgan fingerprint density at radius 1 is 0.220 bits per heavy atom. The highest BCUT2D eigenvalue weighted by Gasteiger charge is 2.48. The van der Waals surface area contributed by atoms with E-state index in [1.54, 1.807) is 0 Å². The van der Waals surface area contributed by atoms with Crippen molar-refractivity contribution in [3.8, 4) is 0 Å². The normalized spacial score (nSPS) is 10.4. The van der Waals surface area contributed by atoms with Crippen molar-refractivity contribution in [1.29, 1.82) is 0 Å². The predicted octanol–water partition coefficient (Wildman–Crippen LogP) is 3.65. The molecule has 0 aliphatic rings. The number of aromatic carboxylic acids is 11. The number of benzene rings is 3. The largest absolute Gasteiger partial charge is 0.502 e. The molecule has 3 aromatic rings. The van der Waals surface area contributed by atoms with Crippen LogP contribution in [0.25, 0.3) is 0 Å². The van der Waals surface area contributed by atoms with Crippen LogP contribution in [0.1, 0.15) is 225 Å². The van der Waals surface area contributed by atoms with Gasteiger partial charge in [0.15, 0.2) is 0 Å². The van der Waals surface area contributed by atoms with E-state index in [1.807, 2.05) is 0 Å². The second-order valence-corrected chi connectivity index (χ2v) is 17.1. The summed E-state index contributed by atoms with van der Waals surface area (Å²) in [5.41, 5.74) is -41.0. The van der Waals surface area contributed by atoms with Gasteiger partial charge in [0.1, 0.15) is 0 Å². The number of ether oxygens (including phenoxy) is 8. The highest BCUT2D eigenvalue weighted by molar-refractivity contribution is 6.29. The van der Waals surface area contributed by atoms with E-state index in [9.17, 15) is 133 Å². The Morgan fingerprint density at radius 3 is 0.538 bits per heavy atom. The van der Waals surface area contributed by atoms with Crippen LogP contribution in [0.4, 0.5) is 0 Å². The Hall–Kier alpha value is -12.9. The number of carbonyl (C=O) groups excluding carboxylic acids is 7. The average Bonchev–Trinajstić information content (AvgIpc) is 0.751. The summed E-state index contributed by atoms with van der Waals surface area (Å²) in [7, 11) is 0. The summed E-state index contributed by atoms with van der Waals surface area (Å²) in [5.74, 6) is -49.6.